The van der Waals surface area contributed by atoms with Gasteiger partial charge in [0, 0.05) is 15.4 Å². The van der Waals surface area contributed by atoms with Crippen LogP contribution in [0.2, 0.25) is 0 Å². The SMILES string of the molecule is Cc1cccc2sc(S(=O)(=O)Cl)c(C)c12. The van der Waals surface area contributed by atoms with Crippen LogP contribution in [0.5, 0.6) is 0 Å². The number of halogens is 1. The summed E-state index contributed by atoms with van der Waals surface area (Å²) in [7, 11) is 1.75. The van der Waals surface area contributed by atoms with Crippen molar-refractivity contribution in [3.05, 3.63) is 29.3 Å². The molecule has 0 amide bonds. The molecule has 0 radical (unpaired) electrons. The van der Waals surface area contributed by atoms with E-state index < -0.39 is 9.05 Å². The maximum absolute atomic E-state index is 11.3. The lowest BCUT2D eigenvalue weighted by atomic mass is 10.1. The molecule has 0 aliphatic heterocycles. The first-order valence-electron chi connectivity index (χ1n) is 4.34. The van der Waals surface area contributed by atoms with Crippen molar-refractivity contribution in [1.29, 1.82) is 0 Å². The Labute approximate surface area is 96.9 Å². The van der Waals surface area contributed by atoms with Crippen molar-refractivity contribution in [2.24, 2.45) is 0 Å². The predicted molar refractivity (Wildman–Crippen MR) is 64.3 cm³/mol. The van der Waals surface area contributed by atoms with Crippen molar-refractivity contribution in [3.8, 4) is 0 Å². The summed E-state index contributed by atoms with van der Waals surface area (Å²) in [4.78, 5) is 0. The number of fused-ring (bicyclic) bond motifs is 1. The molecule has 0 N–H and O–H groups in total. The predicted octanol–water partition coefficient (Wildman–Crippen LogP) is 3.45. The largest absolute Gasteiger partial charge is 0.271 e. The van der Waals surface area contributed by atoms with Gasteiger partial charge in [-0.3, -0.25) is 0 Å². The van der Waals surface area contributed by atoms with Gasteiger partial charge in [0.15, 0.2) is 0 Å². The molecule has 0 aliphatic carbocycles. The molecule has 15 heavy (non-hydrogen) atoms. The first-order valence-corrected chi connectivity index (χ1v) is 7.47. The van der Waals surface area contributed by atoms with Gasteiger partial charge in [0.1, 0.15) is 4.21 Å². The molecule has 1 aromatic carbocycles. The van der Waals surface area contributed by atoms with Crippen LogP contribution in [-0.4, -0.2) is 8.42 Å². The van der Waals surface area contributed by atoms with Crippen molar-refractivity contribution < 1.29 is 8.42 Å². The minimum absolute atomic E-state index is 0.258. The van der Waals surface area contributed by atoms with Crippen molar-refractivity contribution >= 4 is 41.2 Å². The Hall–Kier alpha value is -0.580. The molecule has 2 rings (SSSR count). The molecule has 5 heteroatoms. The van der Waals surface area contributed by atoms with E-state index in [2.05, 4.69) is 0 Å². The summed E-state index contributed by atoms with van der Waals surface area (Å²) in [6.45, 7) is 3.76. The Morgan fingerprint density at radius 2 is 1.93 bits per heavy atom. The first-order chi connectivity index (χ1) is 6.91. The number of benzene rings is 1. The second kappa shape index (κ2) is 3.47. The van der Waals surface area contributed by atoms with Gasteiger partial charge in [-0.1, -0.05) is 12.1 Å². The first kappa shape index (κ1) is 10.9. The molecular formula is C10H9ClO2S2. The fourth-order valence-electron chi connectivity index (χ4n) is 1.72. The van der Waals surface area contributed by atoms with Gasteiger partial charge < -0.3 is 0 Å². The smallest absolute Gasteiger partial charge is 0.206 e. The highest BCUT2D eigenvalue weighted by Gasteiger charge is 2.19. The number of hydrogen-bond donors (Lipinski definition) is 0. The van der Waals surface area contributed by atoms with Crippen LogP contribution in [0, 0.1) is 13.8 Å². The standard InChI is InChI=1S/C10H9ClO2S2/c1-6-4-3-5-8-9(6)7(2)10(14-8)15(11,12)13/h3-5H,1-2H3. The zero-order valence-electron chi connectivity index (χ0n) is 8.24. The van der Waals surface area contributed by atoms with Crippen LogP contribution in [0.25, 0.3) is 10.1 Å². The Kier molecular flexibility index (Phi) is 2.53. The summed E-state index contributed by atoms with van der Waals surface area (Å²) in [6, 6.07) is 5.79. The van der Waals surface area contributed by atoms with Gasteiger partial charge in [-0.2, -0.15) is 0 Å². The molecular weight excluding hydrogens is 252 g/mol. The Balaban J connectivity index is 2.94. The molecule has 0 saturated carbocycles. The van der Waals surface area contributed by atoms with Crippen LogP contribution in [0.4, 0.5) is 0 Å². The van der Waals surface area contributed by atoms with Crippen LogP contribution in [-0.2, 0) is 9.05 Å². The van der Waals surface area contributed by atoms with E-state index in [0.717, 1.165) is 21.2 Å². The number of hydrogen-bond acceptors (Lipinski definition) is 3. The summed E-state index contributed by atoms with van der Waals surface area (Å²) < 4.78 is 23.8. The molecule has 0 aliphatic rings. The molecule has 80 valence electrons. The monoisotopic (exact) mass is 260 g/mol. The molecule has 1 heterocycles. The van der Waals surface area contributed by atoms with E-state index in [9.17, 15) is 8.42 Å². The molecule has 0 bridgehead atoms. The quantitative estimate of drug-likeness (QED) is 0.736. The van der Waals surface area contributed by atoms with E-state index in [-0.39, 0.29) is 4.21 Å². The minimum atomic E-state index is -3.62. The average Bonchev–Trinajstić information content (AvgIpc) is 2.44. The second-order valence-electron chi connectivity index (χ2n) is 3.40. The van der Waals surface area contributed by atoms with E-state index in [4.69, 9.17) is 10.7 Å². The topological polar surface area (TPSA) is 34.1 Å². The third-order valence-electron chi connectivity index (χ3n) is 2.34. The van der Waals surface area contributed by atoms with E-state index in [1.54, 1.807) is 6.92 Å². The highest BCUT2D eigenvalue weighted by molar-refractivity contribution is 8.15. The third-order valence-corrected chi connectivity index (χ3v) is 5.79. The highest BCUT2D eigenvalue weighted by atomic mass is 35.7. The molecule has 0 atom stereocenters. The van der Waals surface area contributed by atoms with Gasteiger partial charge in [0.25, 0.3) is 9.05 Å². The molecule has 1 aromatic heterocycles. The fraction of sp³-hybridized carbons (Fsp3) is 0.200. The summed E-state index contributed by atoms with van der Waals surface area (Å²) >= 11 is 1.23. The third kappa shape index (κ3) is 1.77. The lowest BCUT2D eigenvalue weighted by Gasteiger charge is -1.96. The van der Waals surface area contributed by atoms with Crippen LogP contribution in [0.1, 0.15) is 11.1 Å². The molecule has 2 aromatic rings. The Bertz CT molecular complexity index is 626. The normalized spacial score (nSPS) is 12.2. The van der Waals surface area contributed by atoms with E-state index in [1.165, 1.54) is 11.3 Å². The van der Waals surface area contributed by atoms with Crippen LogP contribution in [0.15, 0.2) is 22.4 Å². The van der Waals surface area contributed by atoms with Crippen LogP contribution in [0.3, 0.4) is 0 Å². The molecule has 2 nitrogen and oxygen atoms in total. The van der Waals surface area contributed by atoms with E-state index >= 15 is 0 Å². The molecule has 0 fully saturated rings. The van der Waals surface area contributed by atoms with Gasteiger partial charge in [0.2, 0.25) is 0 Å². The maximum Gasteiger partial charge on any atom is 0.271 e. The second-order valence-corrected chi connectivity index (χ2v) is 7.21. The molecule has 0 spiro atoms. The highest BCUT2D eigenvalue weighted by Crippen LogP contribution is 2.37. The Morgan fingerprint density at radius 3 is 2.47 bits per heavy atom. The summed E-state index contributed by atoms with van der Waals surface area (Å²) in [5, 5.41) is 1.00. The van der Waals surface area contributed by atoms with Crippen LogP contribution < -0.4 is 0 Å². The molecule has 0 unspecified atom stereocenters. The van der Waals surface area contributed by atoms with Gasteiger partial charge in [-0.15, -0.1) is 11.3 Å². The lowest BCUT2D eigenvalue weighted by Crippen LogP contribution is -1.88. The number of thiophene rings is 1. The average molecular weight is 261 g/mol. The Morgan fingerprint density at radius 1 is 1.27 bits per heavy atom. The van der Waals surface area contributed by atoms with Crippen molar-refractivity contribution in [2.75, 3.05) is 0 Å². The number of rotatable bonds is 1. The van der Waals surface area contributed by atoms with Gasteiger partial charge in [0.05, 0.1) is 0 Å². The summed E-state index contributed by atoms with van der Waals surface area (Å²) in [5.74, 6) is 0. The fourth-order valence-corrected chi connectivity index (χ4v) is 4.50. The van der Waals surface area contributed by atoms with E-state index in [0.29, 0.717) is 0 Å². The number of aryl methyl sites for hydroxylation is 2. The zero-order valence-corrected chi connectivity index (χ0v) is 10.6. The maximum atomic E-state index is 11.3. The van der Waals surface area contributed by atoms with Crippen LogP contribution >= 0.6 is 22.0 Å². The van der Waals surface area contributed by atoms with Gasteiger partial charge in [-0.25, -0.2) is 8.42 Å². The van der Waals surface area contributed by atoms with Crippen molar-refractivity contribution in [3.63, 3.8) is 0 Å². The lowest BCUT2D eigenvalue weighted by molar-refractivity contribution is 0.611. The molecule has 0 saturated heterocycles. The van der Waals surface area contributed by atoms with Gasteiger partial charge >= 0.3 is 0 Å². The summed E-state index contributed by atoms with van der Waals surface area (Å²) in [5.41, 5.74) is 1.83. The van der Waals surface area contributed by atoms with Gasteiger partial charge in [-0.05, 0) is 36.4 Å². The zero-order chi connectivity index (χ0) is 11.2. The minimum Gasteiger partial charge on any atom is -0.206 e. The van der Waals surface area contributed by atoms with Crippen molar-refractivity contribution in [2.45, 2.75) is 18.1 Å². The summed E-state index contributed by atoms with van der Waals surface area (Å²) in [6.07, 6.45) is 0. The van der Waals surface area contributed by atoms with E-state index in [1.807, 2.05) is 25.1 Å². The van der Waals surface area contributed by atoms with Crippen molar-refractivity contribution in [1.82, 2.24) is 0 Å².